The third kappa shape index (κ3) is 5.59. The molecule has 2 aromatic carbocycles. The van der Waals surface area contributed by atoms with Crippen molar-refractivity contribution in [1.29, 1.82) is 0 Å². The van der Waals surface area contributed by atoms with Crippen LogP contribution in [0.5, 0.6) is 5.75 Å². The van der Waals surface area contributed by atoms with E-state index in [1.807, 2.05) is 32.9 Å². The first-order chi connectivity index (χ1) is 15.1. The molecule has 0 radical (unpaired) electrons. The van der Waals surface area contributed by atoms with E-state index in [9.17, 15) is 18.0 Å². The number of anilines is 1. The number of ether oxygens (including phenoxy) is 1. The zero-order valence-electron chi connectivity index (χ0n) is 17.9. The van der Waals surface area contributed by atoms with Gasteiger partial charge in [0.25, 0.3) is 0 Å². The second kappa shape index (κ2) is 9.60. The normalized spacial score (nSPS) is 11.4. The van der Waals surface area contributed by atoms with Crippen LogP contribution in [0.1, 0.15) is 28.6 Å². The number of carbonyl (C=O) groups is 1. The molecule has 0 spiro atoms. The van der Waals surface area contributed by atoms with E-state index < -0.39 is 24.3 Å². The predicted octanol–water partition coefficient (Wildman–Crippen LogP) is 5.94. The van der Waals surface area contributed by atoms with Crippen molar-refractivity contribution in [3.05, 3.63) is 64.2 Å². The monoisotopic (exact) mass is 464 g/mol. The van der Waals surface area contributed by atoms with Crippen LogP contribution in [0.4, 0.5) is 18.9 Å². The van der Waals surface area contributed by atoms with Gasteiger partial charge in [-0.1, -0.05) is 12.1 Å². The number of hydrogen-bond donors (Lipinski definition) is 1. The number of aryl methyl sites for hydroxylation is 2. The smallest absolute Gasteiger partial charge is 0.416 e. The number of nitrogens with zero attached hydrogens (tertiary/aromatic N) is 2. The van der Waals surface area contributed by atoms with Crippen molar-refractivity contribution in [2.45, 2.75) is 33.5 Å². The molecule has 5 nitrogen and oxygen atoms in total. The van der Waals surface area contributed by atoms with Crippen LogP contribution in [0.15, 0.2) is 42.5 Å². The first kappa shape index (κ1) is 23.6. The minimum atomic E-state index is -4.36. The molecule has 0 aliphatic carbocycles. The average molecular weight is 465 g/mol. The van der Waals surface area contributed by atoms with Crippen molar-refractivity contribution in [3.63, 3.8) is 0 Å². The van der Waals surface area contributed by atoms with Crippen LogP contribution in [-0.4, -0.2) is 29.2 Å². The topological polar surface area (TPSA) is 62.7 Å². The molecule has 0 unspecified atom stereocenters. The summed E-state index contributed by atoms with van der Waals surface area (Å²) in [4.78, 5) is 18.4. The Balaban J connectivity index is 1.78. The van der Waals surface area contributed by atoms with Gasteiger partial charge in [0.15, 0.2) is 6.61 Å². The molecule has 0 amide bonds. The van der Waals surface area contributed by atoms with Crippen molar-refractivity contribution in [2.75, 3.05) is 18.1 Å². The largest absolute Gasteiger partial charge is 0.482 e. The Kier molecular flexibility index (Phi) is 7.08. The van der Waals surface area contributed by atoms with Gasteiger partial charge in [-0.15, -0.1) is 11.3 Å². The predicted molar refractivity (Wildman–Crippen MR) is 118 cm³/mol. The van der Waals surface area contributed by atoms with Crippen molar-refractivity contribution in [2.24, 2.45) is 0 Å². The fourth-order valence-corrected chi connectivity index (χ4v) is 4.27. The number of thiazole rings is 1. The van der Waals surface area contributed by atoms with E-state index in [-0.39, 0.29) is 0 Å². The molecule has 0 saturated heterocycles. The molecule has 170 valence electrons. The van der Waals surface area contributed by atoms with Gasteiger partial charge < -0.3 is 14.7 Å². The Morgan fingerprint density at radius 1 is 1.16 bits per heavy atom. The standard InChI is InChI=1S/C23H23F3N2O3S/c1-4-28(18-9-10-19(14(2)11-18)31-13-21(29)30)12-20-15(3)27-22(32-20)16-5-7-17(8-6-16)23(24,25)26/h5-11H,4,12-13H2,1-3H3,(H,29,30). The maximum absolute atomic E-state index is 12.8. The maximum atomic E-state index is 12.8. The van der Waals surface area contributed by atoms with Gasteiger partial charge in [0.05, 0.1) is 17.8 Å². The number of alkyl halides is 3. The fraction of sp³-hybridized carbons (Fsp3) is 0.304. The van der Waals surface area contributed by atoms with Crippen LogP contribution < -0.4 is 9.64 Å². The number of aliphatic carboxylic acids is 1. The third-order valence-electron chi connectivity index (χ3n) is 4.94. The van der Waals surface area contributed by atoms with Gasteiger partial charge in [-0.2, -0.15) is 13.2 Å². The van der Waals surface area contributed by atoms with E-state index in [0.717, 1.165) is 40.5 Å². The number of carboxylic acids is 1. The highest BCUT2D eigenvalue weighted by Gasteiger charge is 2.30. The van der Waals surface area contributed by atoms with E-state index in [2.05, 4.69) is 9.88 Å². The van der Waals surface area contributed by atoms with Crippen molar-refractivity contribution >= 4 is 23.0 Å². The summed E-state index contributed by atoms with van der Waals surface area (Å²) >= 11 is 1.46. The Bertz CT molecular complexity index is 1090. The second-order valence-corrected chi connectivity index (χ2v) is 8.33. The highest BCUT2D eigenvalue weighted by atomic mass is 32.1. The highest BCUT2D eigenvalue weighted by Crippen LogP contribution is 2.34. The van der Waals surface area contributed by atoms with E-state index in [0.29, 0.717) is 22.9 Å². The third-order valence-corrected chi connectivity index (χ3v) is 6.13. The number of aromatic nitrogens is 1. The van der Waals surface area contributed by atoms with E-state index in [4.69, 9.17) is 9.84 Å². The number of rotatable bonds is 8. The molecule has 0 aliphatic rings. The molecule has 0 atom stereocenters. The lowest BCUT2D eigenvalue weighted by Crippen LogP contribution is -2.22. The molecule has 1 N–H and O–H groups in total. The van der Waals surface area contributed by atoms with E-state index in [1.165, 1.54) is 23.5 Å². The first-order valence-corrected chi connectivity index (χ1v) is 10.7. The lowest BCUT2D eigenvalue weighted by Gasteiger charge is -2.23. The SMILES string of the molecule is CCN(Cc1sc(-c2ccc(C(F)(F)F)cc2)nc1C)c1ccc(OCC(=O)O)c(C)c1. The van der Waals surface area contributed by atoms with Crippen LogP contribution in [0.3, 0.4) is 0 Å². The van der Waals surface area contributed by atoms with Crippen LogP contribution in [-0.2, 0) is 17.5 Å². The molecular weight excluding hydrogens is 441 g/mol. The molecule has 0 bridgehead atoms. The summed E-state index contributed by atoms with van der Waals surface area (Å²) in [5, 5.41) is 9.46. The molecule has 0 saturated carbocycles. The van der Waals surface area contributed by atoms with Gasteiger partial charge in [0.1, 0.15) is 10.8 Å². The Morgan fingerprint density at radius 3 is 2.41 bits per heavy atom. The lowest BCUT2D eigenvalue weighted by atomic mass is 10.1. The van der Waals surface area contributed by atoms with Crippen LogP contribution in [0.25, 0.3) is 10.6 Å². The minimum absolute atomic E-state index is 0.398. The Hall–Kier alpha value is -3.07. The summed E-state index contributed by atoms with van der Waals surface area (Å²) in [7, 11) is 0. The fourth-order valence-electron chi connectivity index (χ4n) is 3.19. The lowest BCUT2D eigenvalue weighted by molar-refractivity contribution is -0.139. The van der Waals surface area contributed by atoms with E-state index >= 15 is 0 Å². The summed E-state index contributed by atoms with van der Waals surface area (Å²) in [6, 6.07) is 10.6. The molecule has 9 heteroatoms. The summed E-state index contributed by atoms with van der Waals surface area (Å²) in [5.74, 6) is -0.515. The first-order valence-electron chi connectivity index (χ1n) is 9.92. The minimum Gasteiger partial charge on any atom is -0.482 e. The molecule has 3 rings (SSSR count). The van der Waals surface area contributed by atoms with Crippen molar-refractivity contribution in [3.8, 4) is 16.3 Å². The number of carboxylic acid groups (broad SMARTS) is 1. The second-order valence-electron chi connectivity index (χ2n) is 7.25. The Morgan fingerprint density at radius 2 is 1.84 bits per heavy atom. The zero-order valence-corrected chi connectivity index (χ0v) is 18.7. The number of benzene rings is 2. The van der Waals surface area contributed by atoms with Crippen LogP contribution in [0, 0.1) is 13.8 Å². The Labute approximate surface area is 188 Å². The maximum Gasteiger partial charge on any atom is 0.416 e. The van der Waals surface area contributed by atoms with Gasteiger partial charge in [-0.3, -0.25) is 0 Å². The van der Waals surface area contributed by atoms with Crippen molar-refractivity contribution in [1.82, 2.24) is 4.98 Å². The van der Waals surface area contributed by atoms with Crippen LogP contribution >= 0.6 is 11.3 Å². The molecular formula is C23H23F3N2O3S. The quantitative estimate of drug-likeness (QED) is 0.447. The summed E-state index contributed by atoms with van der Waals surface area (Å²) in [6.07, 6.45) is -4.36. The zero-order chi connectivity index (χ0) is 23.5. The van der Waals surface area contributed by atoms with E-state index in [1.54, 1.807) is 6.07 Å². The van der Waals surface area contributed by atoms with Gasteiger partial charge >= 0.3 is 12.1 Å². The van der Waals surface area contributed by atoms with Gasteiger partial charge in [0.2, 0.25) is 0 Å². The summed E-state index contributed by atoms with van der Waals surface area (Å²) in [5.41, 5.74) is 2.58. The number of hydrogen-bond acceptors (Lipinski definition) is 5. The molecule has 32 heavy (non-hydrogen) atoms. The molecule has 1 aromatic heterocycles. The van der Waals surface area contributed by atoms with Crippen molar-refractivity contribution < 1.29 is 27.8 Å². The number of halogens is 3. The van der Waals surface area contributed by atoms with Gasteiger partial charge in [-0.25, -0.2) is 9.78 Å². The molecule has 0 fully saturated rings. The van der Waals surface area contributed by atoms with Crippen LogP contribution in [0.2, 0.25) is 0 Å². The molecule has 1 heterocycles. The molecule has 0 aliphatic heterocycles. The van der Waals surface area contributed by atoms with Gasteiger partial charge in [0, 0.05) is 22.7 Å². The highest BCUT2D eigenvalue weighted by molar-refractivity contribution is 7.15. The average Bonchev–Trinajstić information content (AvgIpc) is 3.10. The summed E-state index contributed by atoms with van der Waals surface area (Å²) < 4.78 is 43.7. The van der Waals surface area contributed by atoms with Gasteiger partial charge in [-0.05, 0) is 56.7 Å². The molecule has 3 aromatic rings. The summed E-state index contributed by atoms with van der Waals surface area (Å²) in [6.45, 7) is 6.69.